The molecule has 1 aliphatic heterocycles. The quantitative estimate of drug-likeness (QED) is 0.601. The SMILES string of the molecule is CC1CNCCN1C(=O)OCc1ccc(OC(F)F)cc1.O=C(O)C=CC(=O)O. The van der Waals surface area contributed by atoms with E-state index in [1.807, 2.05) is 6.92 Å². The molecular formula is C18H22F2N2O7. The van der Waals surface area contributed by atoms with Crippen LogP contribution in [0.15, 0.2) is 36.4 Å². The van der Waals surface area contributed by atoms with Crippen molar-refractivity contribution >= 4 is 18.0 Å². The summed E-state index contributed by atoms with van der Waals surface area (Å²) in [7, 11) is 0. The Hall–Kier alpha value is -3.21. The van der Waals surface area contributed by atoms with Crippen LogP contribution in [0.2, 0.25) is 0 Å². The molecule has 0 saturated carbocycles. The van der Waals surface area contributed by atoms with Crippen LogP contribution in [0, 0.1) is 0 Å². The van der Waals surface area contributed by atoms with Crippen molar-refractivity contribution in [2.75, 3.05) is 19.6 Å². The number of benzene rings is 1. The molecule has 9 nitrogen and oxygen atoms in total. The number of hydrogen-bond donors (Lipinski definition) is 3. The smallest absolute Gasteiger partial charge is 0.410 e. The molecule has 29 heavy (non-hydrogen) atoms. The van der Waals surface area contributed by atoms with Crippen LogP contribution in [0.25, 0.3) is 0 Å². The standard InChI is InChI=1S/C14H18F2N2O3.C4H4O4/c1-10-8-17-6-7-18(10)14(19)20-9-11-2-4-12(5-3-11)21-13(15)16;5-3(6)1-2-4(7)8/h2-5,10,13,17H,6-9H2,1H3;1-2H,(H,5,6)(H,7,8). The van der Waals surface area contributed by atoms with Crippen molar-refractivity contribution in [2.24, 2.45) is 0 Å². The van der Waals surface area contributed by atoms with Gasteiger partial charge >= 0.3 is 24.6 Å². The lowest BCUT2D eigenvalue weighted by atomic mass is 10.2. The predicted octanol–water partition coefficient (Wildman–Crippen LogP) is 1.93. The molecule has 0 radical (unpaired) electrons. The van der Waals surface area contributed by atoms with Crippen molar-refractivity contribution in [2.45, 2.75) is 26.2 Å². The molecule has 0 aromatic heterocycles. The fourth-order valence-electron chi connectivity index (χ4n) is 2.25. The highest BCUT2D eigenvalue weighted by Crippen LogP contribution is 2.16. The van der Waals surface area contributed by atoms with E-state index >= 15 is 0 Å². The molecule has 1 saturated heterocycles. The minimum atomic E-state index is -2.84. The largest absolute Gasteiger partial charge is 0.478 e. The Balaban J connectivity index is 0.000000447. The number of piperazine rings is 1. The van der Waals surface area contributed by atoms with Crippen LogP contribution in [0.1, 0.15) is 12.5 Å². The molecule has 1 amide bonds. The Morgan fingerprint density at radius 1 is 1.21 bits per heavy atom. The number of carboxylic acid groups (broad SMARTS) is 2. The van der Waals surface area contributed by atoms with Gasteiger partial charge in [0.1, 0.15) is 12.4 Å². The van der Waals surface area contributed by atoms with Gasteiger partial charge in [0.05, 0.1) is 0 Å². The topological polar surface area (TPSA) is 125 Å². The highest BCUT2D eigenvalue weighted by atomic mass is 19.3. The lowest BCUT2D eigenvalue weighted by molar-refractivity contribution is -0.134. The van der Waals surface area contributed by atoms with Crippen molar-refractivity contribution in [1.82, 2.24) is 10.2 Å². The Bertz CT molecular complexity index is 695. The third-order valence-electron chi connectivity index (χ3n) is 3.62. The number of nitrogens with one attached hydrogen (secondary N) is 1. The van der Waals surface area contributed by atoms with Gasteiger partial charge < -0.3 is 29.9 Å². The summed E-state index contributed by atoms with van der Waals surface area (Å²) in [5.41, 5.74) is 0.716. The van der Waals surface area contributed by atoms with Gasteiger partial charge in [-0.25, -0.2) is 14.4 Å². The van der Waals surface area contributed by atoms with E-state index < -0.39 is 18.6 Å². The second-order valence-corrected chi connectivity index (χ2v) is 5.83. The fourth-order valence-corrected chi connectivity index (χ4v) is 2.25. The Morgan fingerprint density at radius 2 is 1.79 bits per heavy atom. The summed E-state index contributed by atoms with van der Waals surface area (Å²) >= 11 is 0. The molecule has 1 aromatic rings. The van der Waals surface area contributed by atoms with Gasteiger partial charge in [0.25, 0.3) is 0 Å². The molecule has 1 aliphatic rings. The zero-order chi connectivity index (χ0) is 21.8. The van der Waals surface area contributed by atoms with E-state index in [4.69, 9.17) is 14.9 Å². The maximum atomic E-state index is 12.0. The lowest BCUT2D eigenvalue weighted by Gasteiger charge is -2.32. The molecule has 1 unspecified atom stereocenters. The number of carbonyl (C=O) groups is 3. The van der Waals surface area contributed by atoms with Gasteiger partial charge in [0.15, 0.2) is 0 Å². The summed E-state index contributed by atoms with van der Waals surface area (Å²) in [6.07, 6.45) is 0.752. The number of hydrogen-bond acceptors (Lipinski definition) is 6. The van der Waals surface area contributed by atoms with Crippen LogP contribution in [0.3, 0.4) is 0 Å². The number of carboxylic acids is 2. The molecule has 1 heterocycles. The van der Waals surface area contributed by atoms with E-state index in [0.717, 1.165) is 13.1 Å². The maximum Gasteiger partial charge on any atom is 0.410 e. The number of ether oxygens (including phenoxy) is 2. The molecule has 0 bridgehead atoms. The van der Waals surface area contributed by atoms with Gasteiger partial charge in [0.2, 0.25) is 0 Å². The summed E-state index contributed by atoms with van der Waals surface area (Å²) < 4.78 is 33.5. The number of amides is 1. The number of rotatable bonds is 6. The van der Waals surface area contributed by atoms with Crippen molar-refractivity contribution in [1.29, 1.82) is 0 Å². The van der Waals surface area contributed by atoms with Crippen LogP contribution in [0.4, 0.5) is 13.6 Å². The Kier molecular flexibility index (Phi) is 10.1. The highest BCUT2D eigenvalue weighted by molar-refractivity contribution is 5.89. The third kappa shape index (κ3) is 10.1. The third-order valence-corrected chi connectivity index (χ3v) is 3.62. The van der Waals surface area contributed by atoms with E-state index in [1.165, 1.54) is 12.1 Å². The number of aliphatic carboxylic acids is 2. The first-order valence-electron chi connectivity index (χ1n) is 8.50. The Morgan fingerprint density at radius 3 is 2.28 bits per heavy atom. The van der Waals surface area contributed by atoms with Crippen LogP contribution < -0.4 is 10.1 Å². The maximum absolute atomic E-state index is 12.0. The van der Waals surface area contributed by atoms with E-state index in [-0.39, 0.29) is 24.5 Å². The van der Waals surface area contributed by atoms with Gasteiger partial charge in [-0.2, -0.15) is 8.78 Å². The molecule has 2 rings (SSSR count). The van der Waals surface area contributed by atoms with E-state index in [2.05, 4.69) is 10.1 Å². The van der Waals surface area contributed by atoms with Crippen LogP contribution >= 0.6 is 0 Å². The average molecular weight is 416 g/mol. The minimum absolute atomic E-state index is 0.0794. The van der Waals surface area contributed by atoms with Crippen molar-refractivity contribution in [3.05, 3.63) is 42.0 Å². The summed E-state index contributed by atoms with van der Waals surface area (Å²) in [4.78, 5) is 32.7. The zero-order valence-electron chi connectivity index (χ0n) is 15.6. The summed E-state index contributed by atoms with van der Waals surface area (Å²) in [5, 5.41) is 18.8. The van der Waals surface area contributed by atoms with Gasteiger partial charge in [-0.15, -0.1) is 0 Å². The second kappa shape index (κ2) is 12.3. The molecule has 0 spiro atoms. The fraction of sp³-hybridized carbons (Fsp3) is 0.389. The first kappa shape index (κ1) is 23.8. The zero-order valence-corrected chi connectivity index (χ0v) is 15.6. The van der Waals surface area contributed by atoms with E-state index in [0.29, 0.717) is 24.3 Å². The molecular weight excluding hydrogens is 394 g/mol. The molecule has 0 aliphatic carbocycles. The summed E-state index contributed by atoms with van der Waals surface area (Å²) in [5.74, 6) is -2.43. The number of halogens is 2. The normalized spacial score (nSPS) is 16.1. The number of carbonyl (C=O) groups excluding carboxylic acids is 1. The van der Waals surface area contributed by atoms with Crippen LogP contribution in [-0.4, -0.2) is 65.4 Å². The predicted molar refractivity (Wildman–Crippen MR) is 96.7 cm³/mol. The minimum Gasteiger partial charge on any atom is -0.478 e. The average Bonchev–Trinajstić information content (AvgIpc) is 2.66. The van der Waals surface area contributed by atoms with Crippen molar-refractivity contribution < 1.29 is 42.9 Å². The molecule has 11 heteroatoms. The van der Waals surface area contributed by atoms with Crippen molar-refractivity contribution in [3.63, 3.8) is 0 Å². The second-order valence-electron chi connectivity index (χ2n) is 5.83. The van der Waals surface area contributed by atoms with E-state index in [9.17, 15) is 23.2 Å². The monoisotopic (exact) mass is 416 g/mol. The molecule has 1 fully saturated rings. The molecule has 1 atom stereocenters. The van der Waals surface area contributed by atoms with Gasteiger partial charge in [-0.3, -0.25) is 0 Å². The summed E-state index contributed by atoms with van der Waals surface area (Å²) in [6.45, 7) is 1.31. The Labute approximate surface area is 165 Å². The molecule has 160 valence electrons. The number of alkyl halides is 2. The molecule has 1 aromatic carbocycles. The van der Waals surface area contributed by atoms with Gasteiger partial charge in [-0.05, 0) is 24.6 Å². The first-order valence-corrected chi connectivity index (χ1v) is 8.50. The van der Waals surface area contributed by atoms with Crippen molar-refractivity contribution in [3.8, 4) is 5.75 Å². The lowest BCUT2D eigenvalue weighted by Crippen LogP contribution is -2.52. The van der Waals surface area contributed by atoms with Gasteiger partial charge in [0, 0.05) is 37.8 Å². The van der Waals surface area contributed by atoms with E-state index in [1.54, 1.807) is 17.0 Å². The molecule has 3 N–H and O–H groups in total. The highest BCUT2D eigenvalue weighted by Gasteiger charge is 2.24. The van der Waals surface area contributed by atoms with Crippen LogP contribution in [-0.2, 0) is 20.9 Å². The van der Waals surface area contributed by atoms with Crippen LogP contribution in [0.5, 0.6) is 5.75 Å². The van der Waals surface area contributed by atoms with Gasteiger partial charge in [-0.1, -0.05) is 12.1 Å². The first-order chi connectivity index (χ1) is 13.7. The summed E-state index contributed by atoms with van der Waals surface area (Å²) in [6, 6.07) is 6.11. The number of nitrogens with zero attached hydrogens (tertiary/aromatic N) is 1.